The first-order valence-electron chi connectivity index (χ1n) is 5.18. The van der Waals surface area contributed by atoms with Crippen molar-refractivity contribution in [2.45, 2.75) is 0 Å². The standard InChI is InChI=1S/C12H7N5S2/c18-7-15-9-4-6-14-12(11(9)16-8-19)17-10-3-1-2-5-13-10/h1-6H,(H,13,14,17). The molecule has 2 aromatic rings. The molecule has 0 aliphatic heterocycles. The third-order valence-electron chi connectivity index (χ3n) is 2.14. The van der Waals surface area contributed by atoms with Crippen molar-refractivity contribution in [2.75, 3.05) is 5.32 Å². The van der Waals surface area contributed by atoms with Gasteiger partial charge in [-0.3, -0.25) is 0 Å². The van der Waals surface area contributed by atoms with Gasteiger partial charge in [0.15, 0.2) is 5.82 Å². The highest BCUT2D eigenvalue weighted by Crippen LogP contribution is 2.34. The minimum absolute atomic E-state index is 0.445. The van der Waals surface area contributed by atoms with Gasteiger partial charge in [-0.15, -0.1) is 0 Å². The van der Waals surface area contributed by atoms with E-state index in [0.717, 1.165) is 0 Å². The third-order valence-corrected chi connectivity index (χ3v) is 2.32. The van der Waals surface area contributed by atoms with Crippen molar-refractivity contribution in [1.29, 1.82) is 0 Å². The van der Waals surface area contributed by atoms with Crippen molar-refractivity contribution in [3.05, 3.63) is 36.7 Å². The third kappa shape index (κ3) is 3.34. The van der Waals surface area contributed by atoms with Crippen LogP contribution >= 0.6 is 24.4 Å². The van der Waals surface area contributed by atoms with Gasteiger partial charge in [-0.05, 0) is 42.6 Å². The zero-order chi connectivity index (χ0) is 13.5. The second kappa shape index (κ2) is 6.58. The van der Waals surface area contributed by atoms with Gasteiger partial charge in [0, 0.05) is 12.4 Å². The zero-order valence-corrected chi connectivity index (χ0v) is 11.2. The van der Waals surface area contributed by atoms with Crippen LogP contribution in [0.25, 0.3) is 0 Å². The molecule has 92 valence electrons. The summed E-state index contributed by atoms with van der Waals surface area (Å²) in [5.74, 6) is 1.11. The molecule has 0 saturated carbocycles. The second-order valence-corrected chi connectivity index (χ2v) is 3.64. The molecule has 5 nitrogen and oxygen atoms in total. The molecule has 0 radical (unpaired) electrons. The summed E-state index contributed by atoms with van der Waals surface area (Å²) in [4.78, 5) is 16.2. The molecule has 2 rings (SSSR count). The van der Waals surface area contributed by atoms with Gasteiger partial charge in [0.25, 0.3) is 0 Å². The topological polar surface area (TPSA) is 62.5 Å². The van der Waals surface area contributed by atoms with Crippen LogP contribution in [-0.2, 0) is 0 Å². The molecule has 0 atom stereocenters. The summed E-state index contributed by atoms with van der Waals surface area (Å²) < 4.78 is 0. The Bertz CT molecular complexity index is 674. The summed E-state index contributed by atoms with van der Waals surface area (Å²) >= 11 is 9.22. The van der Waals surface area contributed by atoms with Crippen molar-refractivity contribution in [3.63, 3.8) is 0 Å². The molecule has 19 heavy (non-hydrogen) atoms. The maximum Gasteiger partial charge on any atom is 0.160 e. The van der Waals surface area contributed by atoms with Crippen LogP contribution in [-0.4, -0.2) is 20.3 Å². The highest BCUT2D eigenvalue weighted by atomic mass is 32.1. The average molecular weight is 285 g/mol. The number of rotatable bonds is 4. The van der Waals surface area contributed by atoms with Gasteiger partial charge >= 0.3 is 0 Å². The van der Waals surface area contributed by atoms with Crippen molar-refractivity contribution in [1.82, 2.24) is 9.97 Å². The number of pyridine rings is 2. The minimum atomic E-state index is 0.445. The lowest BCUT2D eigenvalue weighted by atomic mass is 10.3. The summed E-state index contributed by atoms with van der Waals surface area (Å²) in [5, 5.41) is 7.62. The molecule has 2 heterocycles. The lowest BCUT2D eigenvalue weighted by Crippen LogP contribution is -1.95. The van der Waals surface area contributed by atoms with Gasteiger partial charge in [0.05, 0.1) is 10.3 Å². The summed E-state index contributed by atoms with van der Waals surface area (Å²) in [6.45, 7) is 0. The molecular weight excluding hydrogens is 278 g/mol. The Balaban J connectivity index is 2.47. The van der Waals surface area contributed by atoms with Crippen molar-refractivity contribution in [2.24, 2.45) is 9.98 Å². The first-order chi connectivity index (χ1) is 9.35. The van der Waals surface area contributed by atoms with Crippen molar-refractivity contribution < 1.29 is 0 Å². The van der Waals surface area contributed by atoms with Gasteiger partial charge < -0.3 is 5.32 Å². The second-order valence-electron chi connectivity index (χ2n) is 3.27. The van der Waals surface area contributed by atoms with Gasteiger partial charge in [-0.2, -0.15) is 9.98 Å². The predicted molar refractivity (Wildman–Crippen MR) is 81.1 cm³/mol. The smallest absolute Gasteiger partial charge is 0.160 e. The summed E-state index contributed by atoms with van der Waals surface area (Å²) in [6, 6.07) is 7.15. The van der Waals surface area contributed by atoms with E-state index in [0.29, 0.717) is 23.0 Å². The molecule has 0 bridgehead atoms. The van der Waals surface area contributed by atoms with Gasteiger partial charge in [-0.25, -0.2) is 9.97 Å². The number of nitrogens with one attached hydrogen (secondary N) is 1. The Morgan fingerprint density at radius 3 is 2.53 bits per heavy atom. The maximum absolute atomic E-state index is 4.63. The van der Waals surface area contributed by atoms with Crippen LogP contribution in [0.2, 0.25) is 0 Å². The molecule has 0 aliphatic rings. The number of hydrogen-bond acceptors (Lipinski definition) is 7. The van der Waals surface area contributed by atoms with Crippen LogP contribution in [0.15, 0.2) is 46.6 Å². The highest BCUT2D eigenvalue weighted by molar-refractivity contribution is 7.78. The molecule has 0 spiro atoms. The van der Waals surface area contributed by atoms with Crippen molar-refractivity contribution in [3.8, 4) is 0 Å². The number of aliphatic imine (C=N–C) groups is 2. The largest absolute Gasteiger partial charge is 0.323 e. The van der Waals surface area contributed by atoms with E-state index < -0.39 is 0 Å². The van der Waals surface area contributed by atoms with E-state index in [4.69, 9.17) is 0 Å². The van der Waals surface area contributed by atoms with E-state index in [9.17, 15) is 0 Å². The first kappa shape index (κ1) is 13.1. The quantitative estimate of drug-likeness (QED) is 0.685. The van der Waals surface area contributed by atoms with E-state index >= 15 is 0 Å². The van der Waals surface area contributed by atoms with Crippen molar-refractivity contribution >= 4 is 57.8 Å². The molecule has 0 aromatic carbocycles. The van der Waals surface area contributed by atoms with Gasteiger partial charge in [0.2, 0.25) is 0 Å². The number of isothiocyanates is 2. The zero-order valence-electron chi connectivity index (χ0n) is 9.57. The molecule has 0 unspecified atom stereocenters. The average Bonchev–Trinajstić information content (AvgIpc) is 2.44. The number of aromatic nitrogens is 2. The van der Waals surface area contributed by atoms with Gasteiger partial charge in [0.1, 0.15) is 17.2 Å². The van der Waals surface area contributed by atoms with Crippen LogP contribution in [0.4, 0.5) is 23.0 Å². The SMILES string of the molecule is S=C=Nc1ccnc(Nc2ccccn2)c1N=C=S. The monoisotopic (exact) mass is 285 g/mol. The Morgan fingerprint density at radius 2 is 1.84 bits per heavy atom. The fourth-order valence-electron chi connectivity index (χ4n) is 1.39. The first-order valence-corrected chi connectivity index (χ1v) is 5.99. The molecule has 0 amide bonds. The van der Waals surface area contributed by atoms with Crippen LogP contribution in [0, 0.1) is 0 Å². The molecule has 1 N–H and O–H groups in total. The lowest BCUT2D eigenvalue weighted by molar-refractivity contribution is 1.24. The number of nitrogens with zero attached hydrogens (tertiary/aromatic N) is 4. The Labute approximate surface area is 120 Å². The maximum atomic E-state index is 4.63. The van der Waals surface area contributed by atoms with Gasteiger partial charge in [-0.1, -0.05) is 6.07 Å². The Morgan fingerprint density at radius 1 is 1.00 bits per heavy atom. The fraction of sp³-hybridized carbons (Fsp3) is 0. The molecule has 0 saturated heterocycles. The molecule has 7 heteroatoms. The Hall–Kier alpha value is -2.30. The number of hydrogen-bond donors (Lipinski definition) is 1. The van der Waals surface area contributed by atoms with E-state index in [-0.39, 0.29) is 0 Å². The number of thiocarbonyl (C=S) groups is 2. The summed E-state index contributed by atoms with van der Waals surface area (Å²) in [6.07, 6.45) is 3.25. The molecule has 2 aromatic heterocycles. The van der Waals surface area contributed by atoms with Crippen LogP contribution in [0.1, 0.15) is 0 Å². The summed E-state index contributed by atoms with van der Waals surface area (Å²) in [5.41, 5.74) is 0.960. The highest BCUT2D eigenvalue weighted by Gasteiger charge is 2.09. The fourth-order valence-corrected chi connectivity index (χ4v) is 1.58. The molecule has 0 aliphatic carbocycles. The van der Waals surface area contributed by atoms with Crippen LogP contribution in [0.5, 0.6) is 0 Å². The van der Waals surface area contributed by atoms with E-state index in [1.807, 2.05) is 18.2 Å². The molecule has 0 fully saturated rings. The Kier molecular flexibility index (Phi) is 4.55. The normalized spacial score (nSPS) is 9.05. The van der Waals surface area contributed by atoms with Crippen LogP contribution < -0.4 is 5.32 Å². The van der Waals surface area contributed by atoms with E-state index in [2.05, 4.69) is 60.0 Å². The predicted octanol–water partition coefficient (Wildman–Crippen LogP) is 3.69. The van der Waals surface area contributed by atoms with Crippen LogP contribution in [0.3, 0.4) is 0 Å². The summed E-state index contributed by atoms with van der Waals surface area (Å²) in [7, 11) is 0. The lowest BCUT2D eigenvalue weighted by Gasteiger charge is -2.07. The van der Waals surface area contributed by atoms with E-state index in [1.54, 1.807) is 18.5 Å². The number of anilines is 2. The molecular formula is C12H7N5S2. The minimum Gasteiger partial charge on any atom is -0.323 e. The van der Waals surface area contributed by atoms with E-state index in [1.165, 1.54) is 0 Å².